The van der Waals surface area contributed by atoms with Crippen LogP contribution in [0.5, 0.6) is 5.75 Å². The summed E-state index contributed by atoms with van der Waals surface area (Å²) < 4.78 is 37.5. The Bertz CT molecular complexity index is 1440. The molecule has 0 atom stereocenters. The van der Waals surface area contributed by atoms with E-state index in [0.29, 0.717) is 12.0 Å². The number of hydrogen-bond donors (Lipinski definition) is 0. The predicted octanol–water partition coefficient (Wildman–Crippen LogP) is 6.05. The molecule has 0 unspecified atom stereocenters. The lowest BCUT2D eigenvalue weighted by Crippen LogP contribution is -2.22. The lowest BCUT2D eigenvalue weighted by molar-refractivity contribution is -0.146. The standard InChI is InChI=1S/C29H30F2N4O3/c1-17-12-26-34-18(2)24(13-21-6-4-5-7-25(21)38-29(30)31)35(26)16-23(17)22-14-32-27(33-15-22)19-8-10-20(11-9-19)28(36)37-3/h4-7,12,14-16,19-20,29H,8-11,13H2,1-3H3. The van der Waals surface area contributed by atoms with Gasteiger partial charge in [-0.1, -0.05) is 18.2 Å². The van der Waals surface area contributed by atoms with Gasteiger partial charge in [-0.2, -0.15) is 8.78 Å². The van der Waals surface area contributed by atoms with Gasteiger partial charge in [0.25, 0.3) is 0 Å². The Morgan fingerprint density at radius 3 is 2.50 bits per heavy atom. The van der Waals surface area contributed by atoms with Gasteiger partial charge in [0.05, 0.1) is 18.7 Å². The normalized spacial score (nSPS) is 17.6. The van der Waals surface area contributed by atoms with Crippen LogP contribution in [0, 0.1) is 19.8 Å². The number of rotatable bonds is 7. The minimum absolute atomic E-state index is 0.0355. The van der Waals surface area contributed by atoms with Crippen LogP contribution in [0.1, 0.15) is 59.9 Å². The molecule has 9 heteroatoms. The molecule has 38 heavy (non-hydrogen) atoms. The van der Waals surface area contributed by atoms with Crippen LogP contribution in [0.15, 0.2) is 48.9 Å². The molecule has 0 N–H and O–H groups in total. The first-order valence-corrected chi connectivity index (χ1v) is 12.7. The molecule has 7 nitrogen and oxygen atoms in total. The van der Waals surface area contributed by atoms with E-state index in [-0.39, 0.29) is 23.6 Å². The third-order valence-corrected chi connectivity index (χ3v) is 7.42. The van der Waals surface area contributed by atoms with Crippen LogP contribution >= 0.6 is 0 Å². The van der Waals surface area contributed by atoms with Crippen LogP contribution in [0.3, 0.4) is 0 Å². The number of alkyl halides is 2. The molecule has 0 spiro atoms. The summed E-state index contributed by atoms with van der Waals surface area (Å²) in [5.74, 6) is 1.02. The zero-order chi connectivity index (χ0) is 26.8. The molecule has 3 aromatic heterocycles. The number of fused-ring (bicyclic) bond motifs is 1. The average molecular weight is 521 g/mol. The molecule has 3 heterocycles. The molecule has 0 aliphatic heterocycles. The van der Waals surface area contributed by atoms with E-state index in [1.165, 1.54) is 7.11 Å². The number of benzene rings is 1. The van der Waals surface area contributed by atoms with E-state index >= 15 is 0 Å². The second kappa shape index (κ2) is 10.8. The second-order valence-electron chi connectivity index (χ2n) is 9.81. The predicted molar refractivity (Wildman–Crippen MR) is 138 cm³/mol. The summed E-state index contributed by atoms with van der Waals surface area (Å²) in [6.07, 6.45) is 9.38. The summed E-state index contributed by atoms with van der Waals surface area (Å²) in [4.78, 5) is 25.9. The Labute approximate surface area is 219 Å². The number of ether oxygens (including phenoxy) is 2. The first kappa shape index (κ1) is 25.8. The van der Waals surface area contributed by atoms with Gasteiger partial charge in [0, 0.05) is 53.3 Å². The van der Waals surface area contributed by atoms with E-state index in [0.717, 1.165) is 65.2 Å². The van der Waals surface area contributed by atoms with Crippen LogP contribution in [0.25, 0.3) is 16.8 Å². The van der Waals surface area contributed by atoms with Gasteiger partial charge in [-0.05, 0) is 57.2 Å². The van der Waals surface area contributed by atoms with Crippen LogP contribution in [-0.2, 0) is 16.0 Å². The highest BCUT2D eigenvalue weighted by Crippen LogP contribution is 2.35. The summed E-state index contributed by atoms with van der Waals surface area (Å²) in [6.45, 7) is 1.05. The highest BCUT2D eigenvalue weighted by molar-refractivity contribution is 5.72. The van der Waals surface area contributed by atoms with Gasteiger partial charge in [0.1, 0.15) is 17.2 Å². The van der Waals surface area contributed by atoms with Gasteiger partial charge in [0.15, 0.2) is 0 Å². The monoisotopic (exact) mass is 520 g/mol. The average Bonchev–Trinajstić information content (AvgIpc) is 3.22. The maximum Gasteiger partial charge on any atom is 0.387 e. The summed E-state index contributed by atoms with van der Waals surface area (Å²) in [5, 5.41) is 0. The number of aromatic nitrogens is 4. The zero-order valence-corrected chi connectivity index (χ0v) is 21.7. The first-order chi connectivity index (χ1) is 18.3. The number of methoxy groups -OCH3 is 1. The van der Waals surface area contributed by atoms with Gasteiger partial charge in [-0.15, -0.1) is 0 Å². The van der Waals surface area contributed by atoms with E-state index < -0.39 is 6.61 Å². The molecule has 0 amide bonds. The van der Waals surface area contributed by atoms with E-state index in [2.05, 4.69) is 9.97 Å². The molecule has 0 radical (unpaired) electrons. The zero-order valence-electron chi connectivity index (χ0n) is 21.7. The Kier molecular flexibility index (Phi) is 7.35. The Hall–Kier alpha value is -3.88. The van der Waals surface area contributed by atoms with Gasteiger partial charge < -0.3 is 13.9 Å². The van der Waals surface area contributed by atoms with Crippen molar-refractivity contribution < 1.29 is 23.0 Å². The Balaban J connectivity index is 1.41. The smallest absolute Gasteiger partial charge is 0.387 e. The van der Waals surface area contributed by atoms with Gasteiger partial charge in [-0.25, -0.2) is 15.0 Å². The molecular weight excluding hydrogens is 490 g/mol. The molecule has 0 bridgehead atoms. The molecule has 5 rings (SSSR count). The maximum absolute atomic E-state index is 12.9. The van der Waals surface area contributed by atoms with Crippen LogP contribution < -0.4 is 4.74 Å². The van der Waals surface area contributed by atoms with E-state index in [1.54, 1.807) is 18.2 Å². The van der Waals surface area contributed by atoms with Crippen molar-refractivity contribution in [3.8, 4) is 16.9 Å². The van der Waals surface area contributed by atoms with Crippen molar-refractivity contribution in [3.63, 3.8) is 0 Å². The van der Waals surface area contributed by atoms with Crippen LogP contribution in [-0.4, -0.2) is 39.0 Å². The van der Waals surface area contributed by atoms with Gasteiger partial charge in [0.2, 0.25) is 0 Å². The number of imidazole rings is 1. The van der Waals surface area contributed by atoms with Crippen LogP contribution in [0.4, 0.5) is 8.78 Å². The van der Waals surface area contributed by atoms with Crippen molar-refractivity contribution in [2.45, 2.75) is 58.5 Å². The molecule has 198 valence electrons. The summed E-state index contributed by atoms with van der Waals surface area (Å²) in [7, 11) is 1.43. The van der Waals surface area contributed by atoms with Crippen molar-refractivity contribution in [2.24, 2.45) is 5.92 Å². The molecular formula is C29H30F2N4O3. The fourth-order valence-corrected chi connectivity index (χ4v) is 5.35. The number of para-hydroxylation sites is 1. The van der Waals surface area contributed by atoms with Crippen molar-refractivity contribution in [1.29, 1.82) is 0 Å². The molecule has 1 aliphatic carbocycles. The topological polar surface area (TPSA) is 78.6 Å². The highest BCUT2D eigenvalue weighted by Gasteiger charge is 2.29. The fourth-order valence-electron chi connectivity index (χ4n) is 5.35. The number of halogens is 2. The minimum atomic E-state index is -2.89. The number of hydrogen-bond acceptors (Lipinski definition) is 6. The summed E-state index contributed by atoms with van der Waals surface area (Å²) in [6, 6.07) is 8.84. The van der Waals surface area contributed by atoms with Crippen molar-refractivity contribution in [1.82, 2.24) is 19.4 Å². The SMILES string of the molecule is COC(=O)C1CCC(c2ncc(-c3cn4c(Cc5ccccc5OC(F)F)c(C)nc4cc3C)cn2)CC1. The fraction of sp³-hybridized carbons (Fsp3) is 0.379. The third kappa shape index (κ3) is 5.23. The number of nitrogens with zero attached hydrogens (tertiary/aromatic N) is 4. The number of pyridine rings is 1. The minimum Gasteiger partial charge on any atom is -0.469 e. The van der Waals surface area contributed by atoms with Gasteiger partial charge in [-0.3, -0.25) is 4.79 Å². The molecule has 1 aromatic carbocycles. The second-order valence-corrected chi connectivity index (χ2v) is 9.81. The van der Waals surface area contributed by atoms with Crippen molar-refractivity contribution in [3.05, 3.63) is 77.3 Å². The van der Waals surface area contributed by atoms with Gasteiger partial charge >= 0.3 is 12.6 Å². The molecule has 0 saturated heterocycles. The lowest BCUT2D eigenvalue weighted by Gasteiger charge is -2.25. The maximum atomic E-state index is 12.9. The quantitative estimate of drug-likeness (QED) is 0.276. The summed E-state index contributed by atoms with van der Waals surface area (Å²) in [5.41, 5.74) is 6.05. The van der Waals surface area contributed by atoms with Crippen molar-refractivity contribution >= 4 is 11.6 Å². The molecule has 1 saturated carbocycles. The number of carbonyl (C=O) groups excluding carboxylic acids is 1. The largest absolute Gasteiger partial charge is 0.469 e. The number of esters is 1. The van der Waals surface area contributed by atoms with E-state index in [9.17, 15) is 13.6 Å². The number of aryl methyl sites for hydroxylation is 2. The molecule has 1 fully saturated rings. The summed E-state index contributed by atoms with van der Waals surface area (Å²) >= 11 is 0. The van der Waals surface area contributed by atoms with E-state index in [4.69, 9.17) is 14.5 Å². The number of carbonyl (C=O) groups is 1. The first-order valence-electron chi connectivity index (χ1n) is 12.7. The highest BCUT2D eigenvalue weighted by atomic mass is 19.3. The third-order valence-electron chi connectivity index (χ3n) is 7.42. The molecule has 4 aromatic rings. The Morgan fingerprint density at radius 1 is 1.11 bits per heavy atom. The lowest BCUT2D eigenvalue weighted by atomic mass is 9.81. The van der Waals surface area contributed by atoms with Crippen LogP contribution in [0.2, 0.25) is 0 Å². The van der Waals surface area contributed by atoms with Crippen molar-refractivity contribution in [2.75, 3.05) is 7.11 Å². The van der Waals surface area contributed by atoms with E-state index in [1.807, 2.05) is 49.0 Å². The molecule has 1 aliphatic rings. The Morgan fingerprint density at radius 2 is 1.82 bits per heavy atom.